The van der Waals surface area contributed by atoms with Crippen LogP contribution < -0.4 is 10.2 Å². The Morgan fingerprint density at radius 1 is 1.16 bits per heavy atom. The summed E-state index contributed by atoms with van der Waals surface area (Å²) in [6.45, 7) is 5.76. The molecule has 1 saturated heterocycles. The Kier molecular flexibility index (Phi) is 5.99. The van der Waals surface area contributed by atoms with Gasteiger partial charge >= 0.3 is 0 Å². The summed E-state index contributed by atoms with van der Waals surface area (Å²) < 4.78 is 1.04. The van der Waals surface area contributed by atoms with Crippen LogP contribution in [-0.4, -0.2) is 53.5 Å². The second-order valence-corrected chi connectivity index (χ2v) is 7.07. The van der Waals surface area contributed by atoms with Crippen molar-refractivity contribution in [3.63, 3.8) is 0 Å². The molecule has 0 aliphatic carbocycles. The molecule has 1 amide bonds. The Balaban J connectivity index is 1.45. The van der Waals surface area contributed by atoms with Crippen LogP contribution in [0.3, 0.4) is 0 Å². The minimum Gasteiger partial charge on any atom is -0.348 e. The number of piperazine rings is 1. The SMILES string of the molecule is CC(NC(=O)CN1CCN(c2ncccn2)CC1)c1ccc(Br)cc1. The lowest BCUT2D eigenvalue weighted by atomic mass is 10.1. The molecule has 1 aromatic carbocycles. The molecule has 1 aliphatic rings. The van der Waals surface area contributed by atoms with Crippen LogP contribution in [-0.2, 0) is 4.79 Å². The number of carbonyl (C=O) groups is 1. The first kappa shape index (κ1) is 17.8. The highest BCUT2D eigenvalue weighted by molar-refractivity contribution is 9.10. The maximum Gasteiger partial charge on any atom is 0.234 e. The zero-order valence-electron chi connectivity index (χ0n) is 14.2. The molecule has 0 spiro atoms. The summed E-state index contributed by atoms with van der Waals surface area (Å²) in [7, 11) is 0. The van der Waals surface area contributed by atoms with E-state index in [1.807, 2.05) is 37.3 Å². The van der Waals surface area contributed by atoms with E-state index in [0.717, 1.165) is 42.2 Å². The lowest BCUT2D eigenvalue weighted by Crippen LogP contribution is -2.50. The van der Waals surface area contributed by atoms with Gasteiger partial charge in [-0.3, -0.25) is 9.69 Å². The molecular formula is C18H22BrN5O. The number of anilines is 1. The van der Waals surface area contributed by atoms with Crippen LogP contribution in [0.4, 0.5) is 5.95 Å². The van der Waals surface area contributed by atoms with E-state index in [2.05, 4.69) is 41.0 Å². The predicted molar refractivity (Wildman–Crippen MR) is 101 cm³/mol. The summed E-state index contributed by atoms with van der Waals surface area (Å²) in [5, 5.41) is 3.07. The highest BCUT2D eigenvalue weighted by Gasteiger charge is 2.21. The summed E-state index contributed by atoms with van der Waals surface area (Å²) in [5.74, 6) is 0.815. The molecule has 0 saturated carbocycles. The van der Waals surface area contributed by atoms with Gasteiger partial charge in [-0.25, -0.2) is 9.97 Å². The average Bonchev–Trinajstić information content (AvgIpc) is 2.63. The quantitative estimate of drug-likeness (QED) is 0.829. The molecule has 2 aromatic rings. The molecule has 6 nitrogen and oxygen atoms in total. The largest absolute Gasteiger partial charge is 0.348 e. The van der Waals surface area contributed by atoms with Crippen molar-refractivity contribution < 1.29 is 4.79 Å². The van der Waals surface area contributed by atoms with Crippen molar-refractivity contribution >= 4 is 27.8 Å². The molecule has 1 N–H and O–H groups in total. The summed E-state index contributed by atoms with van der Waals surface area (Å²) in [4.78, 5) is 25.2. The van der Waals surface area contributed by atoms with E-state index in [1.54, 1.807) is 12.4 Å². The van der Waals surface area contributed by atoms with Crippen LogP contribution in [0.1, 0.15) is 18.5 Å². The van der Waals surface area contributed by atoms with Gasteiger partial charge < -0.3 is 10.2 Å². The van der Waals surface area contributed by atoms with Gasteiger partial charge in [-0.1, -0.05) is 28.1 Å². The molecular weight excluding hydrogens is 382 g/mol. The van der Waals surface area contributed by atoms with Crippen molar-refractivity contribution in [2.45, 2.75) is 13.0 Å². The van der Waals surface area contributed by atoms with Crippen LogP contribution >= 0.6 is 15.9 Å². The lowest BCUT2D eigenvalue weighted by Gasteiger charge is -2.34. The van der Waals surface area contributed by atoms with E-state index in [0.29, 0.717) is 6.54 Å². The Morgan fingerprint density at radius 3 is 2.44 bits per heavy atom. The molecule has 1 fully saturated rings. The normalized spacial score (nSPS) is 16.5. The van der Waals surface area contributed by atoms with E-state index in [9.17, 15) is 4.79 Å². The fraction of sp³-hybridized carbons (Fsp3) is 0.389. The maximum atomic E-state index is 12.3. The van der Waals surface area contributed by atoms with Crippen molar-refractivity contribution in [3.8, 4) is 0 Å². The molecule has 2 heterocycles. The maximum absolute atomic E-state index is 12.3. The van der Waals surface area contributed by atoms with Crippen molar-refractivity contribution in [1.82, 2.24) is 20.2 Å². The third-order valence-electron chi connectivity index (χ3n) is 4.32. The summed E-state index contributed by atoms with van der Waals surface area (Å²) >= 11 is 3.43. The molecule has 7 heteroatoms. The van der Waals surface area contributed by atoms with E-state index in [-0.39, 0.29) is 11.9 Å². The third kappa shape index (κ3) is 4.99. The van der Waals surface area contributed by atoms with Crippen LogP contribution in [0.5, 0.6) is 0 Å². The van der Waals surface area contributed by atoms with E-state index in [1.165, 1.54) is 0 Å². The van der Waals surface area contributed by atoms with Gasteiger partial charge in [0.2, 0.25) is 11.9 Å². The second kappa shape index (κ2) is 8.40. The Bertz CT molecular complexity index is 686. The number of nitrogens with zero attached hydrogens (tertiary/aromatic N) is 4. The number of rotatable bonds is 5. The minimum atomic E-state index is -0.000363. The van der Waals surface area contributed by atoms with Crippen LogP contribution in [0.25, 0.3) is 0 Å². The van der Waals surface area contributed by atoms with Crippen LogP contribution in [0.2, 0.25) is 0 Å². The van der Waals surface area contributed by atoms with Gasteiger partial charge in [0, 0.05) is 43.0 Å². The number of halogens is 1. The monoisotopic (exact) mass is 403 g/mol. The van der Waals surface area contributed by atoms with Crippen molar-refractivity contribution in [3.05, 3.63) is 52.8 Å². The molecule has 3 rings (SSSR count). The van der Waals surface area contributed by atoms with Gasteiger partial charge in [0.05, 0.1) is 12.6 Å². The van der Waals surface area contributed by atoms with Gasteiger partial charge in [-0.2, -0.15) is 0 Å². The molecule has 1 aliphatic heterocycles. The Hall–Kier alpha value is -1.99. The van der Waals surface area contributed by atoms with Gasteiger partial charge in [0.25, 0.3) is 0 Å². The van der Waals surface area contributed by atoms with Crippen molar-refractivity contribution in [2.24, 2.45) is 0 Å². The second-order valence-electron chi connectivity index (χ2n) is 6.15. The van der Waals surface area contributed by atoms with E-state index >= 15 is 0 Å². The predicted octanol–water partition coefficient (Wildman–Crippen LogP) is 2.24. The Labute approximate surface area is 156 Å². The number of nitrogens with one attached hydrogen (secondary N) is 1. The van der Waals surface area contributed by atoms with Gasteiger partial charge in [0.1, 0.15) is 0 Å². The zero-order valence-corrected chi connectivity index (χ0v) is 15.8. The number of aromatic nitrogens is 2. The van der Waals surface area contributed by atoms with Gasteiger partial charge in [-0.05, 0) is 30.7 Å². The standard InChI is InChI=1S/C18H22BrN5O/c1-14(15-3-5-16(19)6-4-15)22-17(25)13-23-9-11-24(12-10-23)18-20-7-2-8-21-18/h2-8,14H,9-13H2,1H3,(H,22,25). The first-order valence-electron chi connectivity index (χ1n) is 8.41. The van der Waals surface area contributed by atoms with E-state index < -0.39 is 0 Å². The molecule has 0 radical (unpaired) electrons. The van der Waals surface area contributed by atoms with Gasteiger partial charge in [0.15, 0.2) is 0 Å². The molecule has 132 valence electrons. The van der Waals surface area contributed by atoms with Gasteiger partial charge in [-0.15, -0.1) is 0 Å². The third-order valence-corrected chi connectivity index (χ3v) is 4.85. The number of hydrogen-bond acceptors (Lipinski definition) is 5. The number of amides is 1. The summed E-state index contributed by atoms with van der Waals surface area (Å²) in [6, 6.07) is 9.84. The fourth-order valence-corrected chi connectivity index (χ4v) is 3.15. The minimum absolute atomic E-state index is 0.000363. The highest BCUT2D eigenvalue weighted by Crippen LogP contribution is 2.16. The first-order chi connectivity index (χ1) is 12.1. The first-order valence-corrected chi connectivity index (χ1v) is 9.20. The average molecular weight is 404 g/mol. The number of benzene rings is 1. The van der Waals surface area contributed by atoms with Crippen LogP contribution in [0.15, 0.2) is 47.2 Å². The molecule has 25 heavy (non-hydrogen) atoms. The Morgan fingerprint density at radius 2 is 1.80 bits per heavy atom. The molecule has 1 unspecified atom stereocenters. The molecule has 0 bridgehead atoms. The zero-order chi connectivity index (χ0) is 17.6. The fourth-order valence-electron chi connectivity index (χ4n) is 2.89. The molecule has 1 aromatic heterocycles. The highest BCUT2D eigenvalue weighted by atomic mass is 79.9. The van der Waals surface area contributed by atoms with Crippen molar-refractivity contribution in [2.75, 3.05) is 37.6 Å². The smallest absolute Gasteiger partial charge is 0.234 e. The summed E-state index contributed by atoms with van der Waals surface area (Å²) in [6.07, 6.45) is 3.51. The van der Waals surface area contributed by atoms with Crippen LogP contribution in [0, 0.1) is 0 Å². The topological polar surface area (TPSA) is 61.4 Å². The lowest BCUT2D eigenvalue weighted by molar-refractivity contribution is -0.123. The van der Waals surface area contributed by atoms with Crippen molar-refractivity contribution in [1.29, 1.82) is 0 Å². The number of carbonyl (C=O) groups excluding carboxylic acids is 1. The summed E-state index contributed by atoms with van der Waals surface area (Å²) in [5.41, 5.74) is 1.10. The molecule has 1 atom stereocenters. The number of hydrogen-bond donors (Lipinski definition) is 1. The van der Waals surface area contributed by atoms with E-state index in [4.69, 9.17) is 0 Å².